The third-order valence-electron chi connectivity index (χ3n) is 4.16. The molecule has 0 aromatic carbocycles. The smallest absolute Gasteiger partial charge is 0.0564 e. The molecule has 10 heavy (non-hydrogen) atoms. The SMILES string of the molecule is [2H]C(O)CC1C2(CC2)C12CC2. The number of aliphatic hydroxyl groups excluding tert-OH is 1. The number of rotatable bonds is 2. The Bertz CT molecular complexity index is 186. The van der Waals surface area contributed by atoms with Crippen LogP contribution in [-0.4, -0.2) is 11.7 Å². The van der Waals surface area contributed by atoms with E-state index in [9.17, 15) is 0 Å². The molecule has 3 aliphatic rings. The van der Waals surface area contributed by atoms with Gasteiger partial charge in [0.1, 0.15) is 0 Å². The van der Waals surface area contributed by atoms with Gasteiger partial charge in [-0.2, -0.15) is 0 Å². The van der Waals surface area contributed by atoms with Crippen LogP contribution in [0.1, 0.15) is 33.5 Å². The Balaban J connectivity index is 1.73. The van der Waals surface area contributed by atoms with Crippen LogP contribution in [0.4, 0.5) is 0 Å². The summed E-state index contributed by atoms with van der Waals surface area (Å²) in [6, 6.07) is 0. The molecule has 0 saturated heterocycles. The maximum Gasteiger partial charge on any atom is 0.0564 e. The van der Waals surface area contributed by atoms with Crippen molar-refractivity contribution < 1.29 is 6.48 Å². The van der Waals surface area contributed by atoms with E-state index in [1.807, 2.05) is 0 Å². The van der Waals surface area contributed by atoms with Crippen molar-refractivity contribution in [3.05, 3.63) is 0 Å². The summed E-state index contributed by atoms with van der Waals surface area (Å²) in [6.45, 7) is -0.808. The van der Waals surface area contributed by atoms with Crippen molar-refractivity contribution in [2.45, 2.75) is 32.1 Å². The zero-order chi connectivity index (χ0) is 7.69. The lowest BCUT2D eigenvalue weighted by atomic mass is 10.2. The van der Waals surface area contributed by atoms with Crippen LogP contribution < -0.4 is 0 Å². The van der Waals surface area contributed by atoms with Gasteiger partial charge in [0.15, 0.2) is 0 Å². The van der Waals surface area contributed by atoms with Gasteiger partial charge >= 0.3 is 0 Å². The fourth-order valence-electron chi connectivity index (χ4n) is 3.36. The highest BCUT2D eigenvalue weighted by atomic mass is 16.3. The van der Waals surface area contributed by atoms with E-state index in [4.69, 9.17) is 6.48 Å². The van der Waals surface area contributed by atoms with Crippen LogP contribution in [-0.2, 0) is 0 Å². The summed E-state index contributed by atoms with van der Waals surface area (Å²) in [7, 11) is 0. The third kappa shape index (κ3) is 0.378. The summed E-state index contributed by atoms with van der Waals surface area (Å²) in [5, 5.41) is 8.95. The molecule has 0 radical (unpaired) electrons. The molecule has 56 valence electrons. The molecule has 1 unspecified atom stereocenters. The molecule has 1 N–H and O–H groups in total. The van der Waals surface area contributed by atoms with Crippen LogP contribution >= 0.6 is 0 Å². The first-order valence-corrected chi connectivity index (χ1v) is 4.32. The van der Waals surface area contributed by atoms with E-state index in [-0.39, 0.29) is 0 Å². The summed E-state index contributed by atoms with van der Waals surface area (Å²) < 4.78 is 7.11. The van der Waals surface area contributed by atoms with Gasteiger partial charge < -0.3 is 5.11 Å². The first-order chi connectivity index (χ1) is 5.21. The van der Waals surface area contributed by atoms with E-state index in [0.29, 0.717) is 10.8 Å². The molecule has 0 aliphatic heterocycles. The highest BCUT2D eigenvalue weighted by Gasteiger charge is 2.85. The van der Waals surface area contributed by atoms with Crippen molar-refractivity contribution in [1.82, 2.24) is 0 Å². The molecule has 0 aromatic rings. The maximum atomic E-state index is 8.95. The summed E-state index contributed by atoms with van der Waals surface area (Å²) in [5.74, 6) is 0.738. The minimum atomic E-state index is -0.808. The summed E-state index contributed by atoms with van der Waals surface area (Å²) in [5.41, 5.74) is 1.35. The molecular weight excluding hydrogens is 124 g/mol. The average Bonchev–Trinajstić information content (AvgIpc) is 2.79. The fourth-order valence-corrected chi connectivity index (χ4v) is 3.36. The van der Waals surface area contributed by atoms with Crippen molar-refractivity contribution in [3.8, 4) is 0 Å². The molecule has 3 saturated carbocycles. The number of aliphatic hydroxyl groups is 1. The van der Waals surface area contributed by atoms with E-state index in [1.165, 1.54) is 25.7 Å². The van der Waals surface area contributed by atoms with Crippen molar-refractivity contribution in [1.29, 1.82) is 0 Å². The second-order valence-corrected chi connectivity index (χ2v) is 4.28. The minimum Gasteiger partial charge on any atom is -0.396 e. The molecule has 0 bridgehead atoms. The zero-order valence-corrected chi connectivity index (χ0v) is 6.14. The molecular formula is C9H14O. The van der Waals surface area contributed by atoms with Crippen molar-refractivity contribution >= 4 is 0 Å². The van der Waals surface area contributed by atoms with E-state index < -0.39 is 6.58 Å². The summed E-state index contributed by atoms with van der Waals surface area (Å²) >= 11 is 0. The lowest BCUT2D eigenvalue weighted by Crippen LogP contribution is -1.87. The number of fused-ring (bicyclic) bond motifs is 1. The first-order valence-electron chi connectivity index (χ1n) is 4.89. The minimum absolute atomic E-state index is 0.676. The fraction of sp³-hybridized carbons (Fsp3) is 1.00. The highest BCUT2D eigenvalue weighted by molar-refractivity contribution is 5.34. The van der Waals surface area contributed by atoms with E-state index in [1.54, 1.807) is 0 Å². The normalized spacial score (nSPS) is 46.9. The summed E-state index contributed by atoms with van der Waals surface area (Å²) in [6.07, 6.45) is 6.32. The zero-order valence-electron chi connectivity index (χ0n) is 7.14. The Hall–Kier alpha value is -0.0400. The maximum absolute atomic E-state index is 8.95. The van der Waals surface area contributed by atoms with Crippen LogP contribution in [0.3, 0.4) is 0 Å². The topological polar surface area (TPSA) is 20.2 Å². The van der Waals surface area contributed by atoms with Gasteiger partial charge in [-0.15, -0.1) is 0 Å². The lowest BCUT2D eigenvalue weighted by molar-refractivity contribution is 0.273. The van der Waals surface area contributed by atoms with Crippen LogP contribution in [0, 0.1) is 16.7 Å². The molecule has 2 spiro atoms. The van der Waals surface area contributed by atoms with E-state index in [0.717, 1.165) is 12.3 Å². The molecule has 3 aliphatic carbocycles. The van der Waals surface area contributed by atoms with Crippen LogP contribution in [0.5, 0.6) is 0 Å². The largest absolute Gasteiger partial charge is 0.396 e. The highest BCUT2D eigenvalue weighted by Crippen LogP contribution is 2.93. The molecule has 0 amide bonds. The van der Waals surface area contributed by atoms with Gasteiger partial charge in [0.2, 0.25) is 0 Å². The van der Waals surface area contributed by atoms with E-state index >= 15 is 0 Å². The molecule has 3 fully saturated rings. The van der Waals surface area contributed by atoms with Crippen molar-refractivity contribution in [2.75, 3.05) is 6.58 Å². The van der Waals surface area contributed by atoms with Crippen LogP contribution in [0.15, 0.2) is 0 Å². The Labute approximate surface area is 62.8 Å². The Kier molecular flexibility index (Phi) is 0.615. The Morgan fingerprint density at radius 2 is 1.80 bits per heavy atom. The van der Waals surface area contributed by atoms with Gasteiger partial charge in [-0.3, -0.25) is 0 Å². The first kappa shape index (κ1) is 4.76. The molecule has 0 heterocycles. The standard InChI is InChI=1S/C9H14O/c10-6-1-7-8(2-3-8)9(7)4-5-9/h7,10H,1-6H2/i6D. The molecule has 0 aromatic heterocycles. The van der Waals surface area contributed by atoms with Gasteiger partial charge in [0.05, 0.1) is 1.37 Å². The number of hydrogen-bond donors (Lipinski definition) is 1. The van der Waals surface area contributed by atoms with Crippen molar-refractivity contribution in [2.24, 2.45) is 16.7 Å². The van der Waals surface area contributed by atoms with Gasteiger partial charge in [0, 0.05) is 6.58 Å². The van der Waals surface area contributed by atoms with Gasteiger partial charge in [-0.05, 0) is 48.9 Å². The molecule has 1 nitrogen and oxygen atoms in total. The molecule has 1 atom stereocenters. The van der Waals surface area contributed by atoms with Crippen molar-refractivity contribution in [3.63, 3.8) is 0 Å². The third-order valence-corrected chi connectivity index (χ3v) is 4.16. The molecule has 3 rings (SSSR count). The van der Waals surface area contributed by atoms with Gasteiger partial charge in [0.25, 0.3) is 0 Å². The number of hydrogen-bond acceptors (Lipinski definition) is 1. The van der Waals surface area contributed by atoms with E-state index in [2.05, 4.69) is 0 Å². The quantitative estimate of drug-likeness (QED) is 0.615. The average molecular weight is 139 g/mol. The second kappa shape index (κ2) is 1.29. The Morgan fingerprint density at radius 1 is 1.30 bits per heavy atom. The monoisotopic (exact) mass is 139 g/mol. The van der Waals surface area contributed by atoms with Crippen LogP contribution in [0.25, 0.3) is 0 Å². The predicted octanol–water partition coefficient (Wildman–Crippen LogP) is 1.56. The molecule has 1 heteroatoms. The van der Waals surface area contributed by atoms with Crippen LogP contribution in [0.2, 0.25) is 0 Å². The van der Waals surface area contributed by atoms with Gasteiger partial charge in [-0.1, -0.05) is 0 Å². The Morgan fingerprint density at radius 3 is 2.10 bits per heavy atom. The second-order valence-electron chi connectivity index (χ2n) is 4.28. The predicted molar refractivity (Wildman–Crippen MR) is 38.5 cm³/mol. The lowest BCUT2D eigenvalue weighted by Gasteiger charge is -1.89. The van der Waals surface area contributed by atoms with Gasteiger partial charge in [-0.25, -0.2) is 0 Å². The summed E-state index contributed by atoms with van der Waals surface area (Å²) in [4.78, 5) is 0.